The van der Waals surface area contributed by atoms with Gasteiger partial charge in [-0.15, -0.1) is 0 Å². The molecule has 0 N–H and O–H groups in total. The van der Waals surface area contributed by atoms with E-state index in [4.69, 9.17) is 37.4 Å². The Balaban J connectivity index is 0.958. The van der Waals surface area contributed by atoms with Gasteiger partial charge in [-0.25, -0.2) is 28.1 Å². The fourth-order valence-corrected chi connectivity index (χ4v) is 7.18. The lowest BCUT2D eigenvalue weighted by Crippen LogP contribution is -2.52. The van der Waals surface area contributed by atoms with Gasteiger partial charge in [-0.2, -0.15) is 10.2 Å². The van der Waals surface area contributed by atoms with Gasteiger partial charge in [-0.1, -0.05) is 36.2 Å². The van der Waals surface area contributed by atoms with Crippen molar-refractivity contribution in [2.45, 2.75) is 57.7 Å². The Labute approximate surface area is 304 Å². The Morgan fingerprint density at radius 2 is 1.84 bits per heavy atom. The van der Waals surface area contributed by atoms with E-state index in [9.17, 15) is 4.79 Å². The average molecular weight is 738 g/mol. The van der Waals surface area contributed by atoms with Crippen molar-refractivity contribution >= 4 is 34.6 Å². The first kappa shape index (κ1) is 35.0. The van der Waals surface area contributed by atoms with Crippen molar-refractivity contribution in [1.29, 1.82) is 0 Å². The molecule has 0 aliphatic carbocycles. The van der Waals surface area contributed by atoms with E-state index >= 15 is 4.39 Å². The van der Waals surface area contributed by atoms with Gasteiger partial charge in [-0.3, -0.25) is 0 Å². The molecule has 4 heterocycles. The van der Waals surface area contributed by atoms with Crippen LogP contribution in [0.5, 0.6) is 5.75 Å². The smallest absolute Gasteiger partial charge is 0.350 e. The summed E-state index contributed by atoms with van der Waals surface area (Å²) in [4.78, 5) is 21.4. The zero-order chi connectivity index (χ0) is 35.7. The molecule has 4 atom stereocenters. The van der Waals surface area contributed by atoms with Gasteiger partial charge >= 0.3 is 5.69 Å². The number of aromatic nitrogens is 6. The zero-order valence-electron chi connectivity index (χ0n) is 28.5. The average Bonchev–Trinajstić information content (AvgIpc) is 3.88. The summed E-state index contributed by atoms with van der Waals surface area (Å²) in [5.41, 5.74) is 2.33. The lowest BCUT2D eigenvalue weighted by molar-refractivity contribution is -0.190. The van der Waals surface area contributed by atoms with E-state index in [0.29, 0.717) is 41.1 Å². The molecule has 4 unspecified atom stereocenters. The van der Waals surface area contributed by atoms with Gasteiger partial charge in [-0.05, 0) is 74.9 Å². The summed E-state index contributed by atoms with van der Waals surface area (Å²) in [5.74, 6) is -0.944. The highest BCUT2D eigenvalue weighted by molar-refractivity contribution is 6.35. The van der Waals surface area contributed by atoms with Gasteiger partial charge in [0.25, 0.3) is 0 Å². The number of benzene rings is 3. The molecule has 7 rings (SSSR count). The maximum atomic E-state index is 15.3. The highest BCUT2D eigenvalue weighted by Gasteiger charge is 2.45. The Morgan fingerprint density at radius 3 is 2.55 bits per heavy atom. The minimum Gasteiger partial charge on any atom is -0.491 e. The van der Waals surface area contributed by atoms with Crippen molar-refractivity contribution in [3.63, 3.8) is 0 Å². The number of piperazine rings is 1. The molecule has 2 aromatic heterocycles. The molecule has 0 amide bonds. The molecule has 2 aliphatic heterocycles. The topological polar surface area (TPSA) is 105 Å². The molecule has 15 heteroatoms. The molecule has 0 saturated carbocycles. The Bertz CT molecular complexity index is 2020. The van der Waals surface area contributed by atoms with Gasteiger partial charge in [0, 0.05) is 47.6 Å². The summed E-state index contributed by atoms with van der Waals surface area (Å²) in [5, 5.41) is 9.35. The van der Waals surface area contributed by atoms with Crippen LogP contribution in [0.1, 0.15) is 38.8 Å². The first-order valence-electron chi connectivity index (χ1n) is 16.9. The maximum Gasteiger partial charge on any atom is 0.350 e. The normalized spacial score (nSPS) is 21.3. The number of rotatable bonds is 11. The van der Waals surface area contributed by atoms with Gasteiger partial charge in [0.15, 0.2) is 0 Å². The zero-order valence-corrected chi connectivity index (χ0v) is 30.0. The monoisotopic (exact) mass is 736 g/mol. The number of ether oxygens (including phenoxy) is 3. The van der Waals surface area contributed by atoms with Gasteiger partial charge in [0.05, 0.1) is 23.4 Å². The van der Waals surface area contributed by atoms with Crippen LogP contribution in [-0.4, -0.2) is 74.1 Å². The van der Waals surface area contributed by atoms with Crippen molar-refractivity contribution < 1.29 is 18.6 Å². The predicted octanol–water partition coefficient (Wildman–Crippen LogP) is 6.10. The minimum atomic E-state index is -1.18. The second-order valence-electron chi connectivity index (χ2n) is 12.9. The summed E-state index contributed by atoms with van der Waals surface area (Å²) in [6, 6.07) is 18.3. The highest BCUT2D eigenvalue weighted by Crippen LogP contribution is 2.40. The van der Waals surface area contributed by atoms with Crippen molar-refractivity contribution in [2.75, 3.05) is 42.6 Å². The van der Waals surface area contributed by atoms with E-state index in [-0.39, 0.29) is 42.7 Å². The largest absolute Gasteiger partial charge is 0.491 e. The number of hydrogen-bond acceptors (Lipinski definition) is 9. The quantitative estimate of drug-likeness (QED) is 0.159. The van der Waals surface area contributed by atoms with Gasteiger partial charge in [0.1, 0.15) is 49.8 Å². The Hall–Kier alpha value is -4.43. The van der Waals surface area contributed by atoms with Crippen LogP contribution >= 0.6 is 23.2 Å². The molecule has 2 aliphatic rings. The molecule has 0 spiro atoms. The molecule has 2 fully saturated rings. The molecule has 3 aromatic carbocycles. The third-order valence-corrected chi connectivity index (χ3v) is 10.1. The van der Waals surface area contributed by atoms with Crippen LogP contribution in [0.15, 0.2) is 84.4 Å². The fraction of sp³-hybridized carbons (Fsp3) is 0.389. The predicted molar refractivity (Wildman–Crippen MR) is 193 cm³/mol. The SMILES string of the molecule is CCC(C)n1ncn(-c2ccc(N3CCN(c4ccc(OCC5COC(Cn6cncn6)(c6ccc(Cl)cc6Cl)O5)cc4)C(C)C3)cc2F)c1=O. The van der Waals surface area contributed by atoms with E-state index in [1.807, 2.05) is 44.2 Å². The van der Waals surface area contributed by atoms with Crippen molar-refractivity contribution in [3.05, 3.63) is 112 Å². The van der Waals surface area contributed by atoms with Gasteiger partial charge in [0.2, 0.25) is 5.79 Å². The number of anilines is 2. The molecule has 2 saturated heterocycles. The van der Waals surface area contributed by atoms with Crippen LogP contribution in [0.3, 0.4) is 0 Å². The van der Waals surface area contributed by atoms with E-state index < -0.39 is 11.6 Å². The second kappa shape index (κ2) is 14.7. The van der Waals surface area contributed by atoms with Crippen LogP contribution in [0.2, 0.25) is 10.0 Å². The lowest BCUT2D eigenvalue weighted by Gasteiger charge is -2.42. The van der Waals surface area contributed by atoms with Crippen molar-refractivity contribution in [1.82, 2.24) is 29.1 Å². The number of hydrogen-bond donors (Lipinski definition) is 0. The summed E-state index contributed by atoms with van der Waals surface area (Å²) in [6.07, 6.45) is 4.82. The summed E-state index contributed by atoms with van der Waals surface area (Å²) >= 11 is 12.7. The van der Waals surface area contributed by atoms with E-state index in [1.165, 1.54) is 28.0 Å². The minimum absolute atomic E-state index is 0.0656. The number of halogens is 3. The molecule has 5 aromatic rings. The fourth-order valence-electron chi connectivity index (χ4n) is 6.63. The summed E-state index contributed by atoms with van der Waals surface area (Å²) in [6.45, 7) is 9.02. The number of nitrogens with zero attached hydrogens (tertiary/aromatic N) is 8. The van der Waals surface area contributed by atoms with E-state index in [1.54, 1.807) is 35.3 Å². The maximum absolute atomic E-state index is 15.3. The molecule has 268 valence electrons. The third kappa shape index (κ3) is 7.21. The molecule has 0 radical (unpaired) electrons. The van der Waals surface area contributed by atoms with Crippen molar-refractivity contribution in [2.24, 2.45) is 0 Å². The van der Waals surface area contributed by atoms with Crippen LogP contribution in [0.4, 0.5) is 15.8 Å². The lowest BCUT2D eigenvalue weighted by atomic mass is 10.1. The molecule has 51 heavy (non-hydrogen) atoms. The first-order chi connectivity index (χ1) is 24.6. The molecular weight excluding hydrogens is 698 g/mol. The first-order valence-corrected chi connectivity index (χ1v) is 17.7. The molecular formula is C36H39Cl2FN8O4. The molecule has 12 nitrogen and oxygen atoms in total. The van der Waals surface area contributed by atoms with E-state index in [2.05, 4.69) is 31.9 Å². The van der Waals surface area contributed by atoms with Crippen LogP contribution in [0.25, 0.3) is 5.69 Å². The van der Waals surface area contributed by atoms with Crippen LogP contribution in [0, 0.1) is 5.82 Å². The highest BCUT2D eigenvalue weighted by atomic mass is 35.5. The Kier molecular flexibility index (Phi) is 10.1. The van der Waals surface area contributed by atoms with Crippen molar-refractivity contribution in [3.8, 4) is 11.4 Å². The van der Waals surface area contributed by atoms with Gasteiger partial charge < -0.3 is 24.0 Å². The van der Waals surface area contributed by atoms with Crippen LogP contribution < -0.4 is 20.2 Å². The second-order valence-corrected chi connectivity index (χ2v) is 13.8. The summed E-state index contributed by atoms with van der Waals surface area (Å²) < 4.78 is 38.5. The third-order valence-electron chi connectivity index (χ3n) is 9.53. The van der Waals surface area contributed by atoms with Crippen LogP contribution in [-0.2, 0) is 21.8 Å². The molecule has 0 bridgehead atoms. The Morgan fingerprint density at radius 1 is 1.04 bits per heavy atom. The van der Waals surface area contributed by atoms with E-state index in [0.717, 1.165) is 24.3 Å². The summed E-state index contributed by atoms with van der Waals surface area (Å²) in [7, 11) is 0. The standard InChI is InChI=1S/C36H39Cl2FN8O4/c1-4-24(2)47-35(48)46(23-42-47)34-12-8-28(16-33(34)39)43-13-14-45(25(3)17-43)27-6-9-29(10-7-27)49-18-30-19-50-36(51-30,20-44-22-40-21-41-44)31-11-5-26(37)15-32(31)38/h5-12,15-16,21-25,30H,4,13-14,17-20H2,1-3H3.